The van der Waals surface area contributed by atoms with Gasteiger partial charge in [0, 0.05) is 25.0 Å². The lowest BCUT2D eigenvalue weighted by Crippen LogP contribution is -2.47. The third-order valence-electron chi connectivity index (χ3n) is 5.27. The van der Waals surface area contributed by atoms with Crippen LogP contribution in [0, 0.1) is 12.8 Å². The molecule has 0 spiro atoms. The fraction of sp³-hybridized carbons (Fsp3) is 0.600. The van der Waals surface area contributed by atoms with E-state index < -0.39 is 0 Å². The van der Waals surface area contributed by atoms with Crippen molar-refractivity contribution >= 4 is 23.6 Å². The predicted molar refractivity (Wildman–Crippen MR) is 102 cm³/mol. The van der Waals surface area contributed by atoms with E-state index in [4.69, 9.17) is 0 Å². The summed E-state index contributed by atoms with van der Waals surface area (Å²) in [5.41, 5.74) is 2.39. The smallest absolute Gasteiger partial charge is 0.233 e. The summed E-state index contributed by atoms with van der Waals surface area (Å²) in [7, 11) is 0. The van der Waals surface area contributed by atoms with Crippen LogP contribution in [0.3, 0.4) is 0 Å². The van der Waals surface area contributed by atoms with Gasteiger partial charge in [-0.25, -0.2) is 0 Å². The molecule has 1 saturated carbocycles. The van der Waals surface area contributed by atoms with Crippen molar-refractivity contribution in [2.24, 2.45) is 5.92 Å². The van der Waals surface area contributed by atoms with Crippen LogP contribution in [0.5, 0.6) is 0 Å². The van der Waals surface area contributed by atoms with Gasteiger partial charge in [0.25, 0.3) is 0 Å². The van der Waals surface area contributed by atoms with E-state index in [1.165, 1.54) is 17.5 Å². The van der Waals surface area contributed by atoms with Crippen LogP contribution in [0.25, 0.3) is 0 Å². The fourth-order valence-electron chi connectivity index (χ4n) is 3.43. The highest BCUT2D eigenvalue weighted by atomic mass is 32.2. The molecular formula is C20H28N2O2S. The first kappa shape index (κ1) is 18.3. The Bertz CT molecular complexity index is 625. The molecule has 2 fully saturated rings. The second kappa shape index (κ2) is 7.81. The Morgan fingerprint density at radius 3 is 2.52 bits per heavy atom. The lowest BCUT2D eigenvalue weighted by Gasteiger charge is -2.36. The highest BCUT2D eigenvalue weighted by Gasteiger charge is 2.35. The Hall–Kier alpha value is -1.49. The normalized spacial score (nSPS) is 20.9. The van der Waals surface area contributed by atoms with Crippen molar-refractivity contribution in [3.63, 3.8) is 0 Å². The molecule has 1 aliphatic carbocycles. The van der Waals surface area contributed by atoms with Crippen LogP contribution in [0.4, 0.5) is 0 Å². The molecule has 0 N–H and O–H groups in total. The summed E-state index contributed by atoms with van der Waals surface area (Å²) < 4.78 is 0. The standard InChI is InChI=1S/C20H28N2O2S/c1-14(2)21(19(24)16-5-4-6-16)11-12-22-18(23)13-25-20(22)17-9-7-15(3)8-10-17/h7-10,14,16,20H,4-6,11-13H2,1-3H3/t20-/m0/s1. The van der Waals surface area contributed by atoms with Gasteiger partial charge in [0.15, 0.2) is 0 Å². The topological polar surface area (TPSA) is 40.6 Å². The van der Waals surface area contributed by atoms with Crippen molar-refractivity contribution in [2.45, 2.75) is 51.4 Å². The highest BCUT2D eigenvalue weighted by Crippen LogP contribution is 2.38. The Labute approximate surface area is 154 Å². The summed E-state index contributed by atoms with van der Waals surface area (Å²) in [5, 5.41) is 0.0703. The van der Waals surface area contributed by atoms with Gasteiger partial charge in [0.1, 0.15) is 5.37 Å². The van der Waals surface area contributed by atoms with E-state index >= 15 is 0 Å². The zero-order valence-corrected chi connectivity index (χ0v) is 16.2. The Kier molecular flexibility index (Phi) is 5.72. The molecule has 1 aliphatic heterocycles. The molecule has 0 radical (unpaired) electrons. The van der Waals surface area contributed by atoms with Crippen LogP contribution in [-0.2, 0) is 9.59 Å². The molecule has 1 heterocycles. The lowest BCUT2D eigenvalue weighted by atomic mass is 9.84. The van der Waals surface area contributed by atoms with Gasteiger partial charge in [0.05, 0.1) is 5.75 Å². The first-order chi connectivity index (χ1) is 12.0. The molecule has 3 rings (SSSR count). The van der Waals surface area contributed by atoms with Gasteiger partial charge < -0.3 is 9.80 Å². The first-order valence-corrected chi connectivity index (χ1v) is 10.3. The summed E-state index contributed by atoms with van der Waals surface area (Å²) in [6.45, 7) is 7.44. The number of hydrogen-bond acceptors (Lipinski definition) is 3. The number of aryl methyl sites for hydroxylation is 1. The minimum atomic E-state index is 0.0703. The van der Waals surface area contributed by atoms with Crippen LogP contribution in [0.1, 0.15) is 49.6 Å². The third kappa shape index (κ3) is 4.02. The molecule has 0 unspecified atom stereocenters. The van der Waals surface area contributed by atoms with Gasteiger partial charge in [-0.1, -0.05) is 36.2 Å². The molecule has 25 heavy (non-hydrogen) atoms. The summed E-state index contributed by atoms with van der Waals surface area (Å²) in [6, 6.07) is 8.59. The maximum Gasteiger partial charge on any atom is 0.233 e. The van der Waals surface area contributed by atoms with Gasteiger partial charge in [-0.3, -0.25) is 9.59 Å². The molecule has 5 heteroatoms. The number of carbonyl (C=O) groups is 2. The van der Waals surface area contributed by atoms with Crippen molar-refractivity contribution in [3.05, 3.63) is 35.4 Å². The van der Waals surface area contributed by atoms with Crippen molar-refractivity contribution in [2.75, 3.05) is 18.8 Å². The Morgan fingerprint density at radius 2 is 1.96 bits per heavy atom. The summed E-state index contributed by atoms with van der Waals surface area (Å²) in [5.74, 6) is 1.18. The molecular weight excluding hydrogens is 332 g/mol. The molecule has 1 aromatic rings. The zero-order chi connectivity index (χ0) is 18.0. The second-order valence-corrected chi connectivity index (χ2v) is 8.48. The summed E-state index contributed by atoms with van der Waals surface area (Å²) in [4.78, 5) is 28.9. The summed E-state index contributed by atoms with van der Waals surface area (Å²) >= 11 is 1.68. The minimum absolute atomic E-state index is 0.0703. The molecule has 1 atom stereocenters. The van der Waals surface area contributed by atoms with Crippen LogP contribution >= 0.6 is 11.8 Å². The Balaban J connectivity index is 1.67. The number of benzene rings is 1. The maximum absolute atomic E-state index is 12.7. The van der Waals surface area contributed by atoms with Gasteiger partial charge in [-0.05, 0) is 39.2 Å². The number of rotatable bonds is 6. The average Bonchev–Trinajstić information content (AvgIpc) is 2.87. The van der Waals surface area contributed by atoms with Gasteiger partial charge in [0.2, 0.25) is 11.8 Å². The van der Waals surface area contributed by atoms with E-state index in [9.17, 15) is 9.59 Å². The maximum atomic E-state index is 12.7. The van der Waals surface area contributed by atoms with E-state index in [1.54, 1.807) is 11.8 Å². The number of hydrogen-bond donors (Lipinski definition) is 0. The number of thioether (sulfide) groups is 1. The monoisotopic (exact) mass is 360 g/mol. The van der Waals surface area contributed by atoms with Gasteiger partial charge >= 0.3 is 0 Å². The molecule has 0 bridgehead atoms. The van der Waals surface area contributed by atoms with E-state index in [-0.39, 0.29) is 29.1 Å². The molecule has 0 aromatic heterocycles. The minimum Gasteiger partial charge on any atom is -0.338 e. The van der Waals surface area contributed by atoms with Gasteiger partial charge in [-0.15, -0.1) is 11.8 Å². The quantitative estimate of drug-likeness (QED) is 0.778. The predicted octanol–water partition coefficient (Wildman–Crippen LogP) is 3.61. The third-order valence-corrected chi connectivity index (χ3v) is 6.53. The van der Waals surface area contributed by atoms with E-state index in [0.29, 0.717) is 18.8 Å². The van der Waals surface area contributed by atoms with Crippen molar-refractivity contribution < 1.29 is 9.59 Å². The fourth-order valence-corrected chi connectivity index (χ4v) is 4.65. The zero-order valence-electron chi connectivity index (χ0n) is 15.4. The lowest BCUT2D eigenvalue weighted by molar-refractivity contribution is -0.141. The molecule has 1 saturated heterocycles. The van der Waals surface area contributed by atoms with E-state index in [2.05, 4.69) is 45.0 Å². The molecule has 2 aliphatic rings. The highest BCUT2D eigenvalue weighted by molar-refractivity contribution is 8.00. The molecule has 1 aromatic carbocycles. The Morgan fingerprint density at radius 1 is 1.28 bits per heavy atom. The van der Waals surface area contributed by atoms with Crippen molar-refractivity contribution in [3.8, 4) is 0 Å². The molecule has 4 nitrogen and oxygen atoms in total. The van der Waals surface area contributed by atoms with Crippen LogP contribution in [-0.4, -0.2) is 46.5 Å². The second-order valence-electron chi connectivity index (χ2n) is 7.41. The van der Waals surface area contributed by atoms with Crippen LogP contribution in [0.15, 0.2) is 24.3 Å². The van der Waals surface area contributed by atoms with E-state index in [1.807, 2.05) is 9.80 Å². The van der Waals surface area contributed by atoms with Crippen LogP contribution < -0.4 is 0 Å². The average molecular weight is 361 g/mol. The number of amides is 2. The first-order valence-electron chi connectivity index (χ1n) is 9.25. The largest absolute Gasteiger partial charge is 0.338 e. The number of nitrogens with zero attached hydrogens (tertiary/aromatic N) is 2. The number of carbonyl (C=O) groups excluding carboxylic acids is 2. The van der Waals surface area contributed by atoms with Crippen molar-refractivity contribution in [1.29, 1.82) is 0 Å². The molecule has 2 amide bonds. The van der Waals surface area contributed by atoms with E-state index in [0.717, 1.165) is 12.8 Å². The molecule has 136 valence electrons. The van der Waals surface area contributed by atoms with Crippen LogP contribution in [0.2, 0.25) is 0 Å². The summed E-state index contributed by atoms with van der Waals surface area (Å²) in [6.07, 6.45) is 3.21. The SMILES string of the molecule is Cc1ccc([C@@H]2SCC(=O)N2CCN(C(=O)C2CCC2)C(C)C)cc1. The van der Waals surface area contributed by atoms with Crippen molar-refractivity contribution in [1.82, 2.24) is 9.80 Å². The van der Waals surface area contributed by atoms with Gasteiger partial charge in [-0.2, -0.15) is 0 Å².